The molecule has 15 amide bonds. The van der Waals surface area contributed by atoms with Gasteiger partial charge >= 0.3 is 0 Å². The number of benzene rings is 6. The molecule has 1 aliphatic rings. The number of aliphatic hydroxyl groups is 2. The second-order valence-electron chi connectivity index (χ2n) is 33.8. The van der Waals surface area contributed by atoms with Crippen LogP contribution in [0.5, 0.6) is 23.0 Å². The first kappa shape index (κ1) is 102. The van der Waals surface area contributed by atoms with Crippen LogP contribution in [0, 0.1) is 11.8 Å². The van der Waals surface area contributed by atoms with Gasteiger partial charge in [0.05, 0.1) is 30.5 Å². The summed E-state index contributed by atoms with van der Waals surface area (Å²) in [6.07, 6.45) is 1.88. The Morgan fingerprint density at radius 3 is 1.13 bits per heavy atom. The van der Waals surface area contributed by atoms with Crippen molar-refractivity contribution in [3.63, 3.8) is 0 Å². The summed E-state index contributed by atoms with van der Waals surface area (Å²) in [5, 5.41) is 102. The Morgan fingerprint density at radius 2 is 0.741 bits per heavy atom. The SMILES string of the molecule is CC[C@H](C)[C@@H]1NC(=O)[C@H](CC(C)C)NC(=O)[C@@H](Cc2ccc(O)cc2)NC(=O)CSC[C@@H](C(N)=O)NC(=O)[C@H](CO)NC(=O)[C@H](Cc2c[nH]cn2)NC(=O)[C@H](C)NC(=O)[C@H](Cc2c[nH]c3ccccc23)NC(=O)[C@H](Cc2c[nH]c3ccccc23)NC(=O)[C@H]([C@@H](C)O)NC(=O)[C@H](Cc2ccc(O)cc2)NC(=O)[C@H](Cc2ccc(O)cc2)NC(=O)[C@H](C)NC(=O)[C@H](Cc2ccc(O)cc2)NC1=O. The Balaban J connectivity index is 1.01. The van der Waals surface area contributed by atoms with Crippen LogP contribution < -0.4 is 80.2 Å². The Labute approximate surface area is 780 Å². The summed E-state index contributed by atoms with van der Waals surface area (Å²) in [6, 6.07) is 13.2. The van der Waals surface area contributed by atoms with Crippen LogP contribution in [-0.2, 0) is 117 Å². The van der Waals surface area contributed by atoms with Gasteiger partial charge in [0.2, 0.25) is 88.6 Å². The number of nitrogens with two attached hydrogens (primary N) is 1. The van der Waals surface area contributed by atoms with E-state index in [0.29, 0.717) is 55.2 Å². The summed E-state index contributed by atoms with van der Waals surface area (Å²) in [5.74, 6) is -17.9. The average Bonchev–Trinajstić information content (AvgIpc) is 1.68. The first-order chi connectivity index (χ1) is 64.4. The number of fused-ring (bicyclic) bond motifs is 2. The van der Waals surface area contributed by atoms with E-state index in [0.717, 1.165) is 18.7 Å². The van der Waals surface area contributed by atoms with Crippen LogP contribution in [0.4, 0.5) is 0 Å². The number of amides is 15. The molecule has 6 aromatic carbocycles. The zero-order valence-corrected chi connectivity index (χ0v) is 76.0. The van der Waals surface area contributed by atoms with Crippen LogP contribution in [0.2, 0.25) is 0 Å². The minimum Gasteiger partial charge on any atom is -0.508 e. The van der Waals surface area contributed by atoms with Crippen LogP contribution >= 0.6 is 11.8 Å². The van der Waals surface area contributed by atoms with E-state index in [1.165, 1.54) is 123 Å². The lowest BCUT2D eigenvalue weighted by Gasteiger charge is -2.30. The quantitative estimate of drug-likeness (QED) is 0.0440. The number of aromatic nitrogens is 4. The number of H-pyrrole nitrogens is 3. The molecular formula is C94H115N19O21S. The molecule has 40 nitrogen and oxygen atoms in total. The van der Waals surface area contributed by atoms with E-state index in [1.807, 2.05) is 0 Å². The first-order valence-electron chi connectivity index (χ1n) is 44.0. The first-order valence-corrected chi connectivity index (χ1v) is 45.1. The number of thioether (sulfide) groups is 1. The van der Waals surface area contributed by atoms with E-state index in [-0.39, 0.29) is 86.0 Å². The van der Waals surface area contributed by atoms with Crippen molar-refractivity contribution in [3.8, 4) is 23.0 Å². The monoisotopic (exact) mass is 1880 g/mol. The number of para-hydroxylation sites is 2. The largest absolute Gasteiger partial charge is 0.508 e. The number of carbonyl (C=O) groups is 15. The molecule has 0 spiro atoms. The fraction of sp³-hybridized carbons (Fsp3) is 0.383. The number of phenols is 4. The van der Waals surface area contributed by atoms with Gasteiger partial charge in [-0.3, -0.25) is 71.9 Å². The highest BCUT2D eigenvalue weighted by Gasteiger charge is 2.41. The van der Waals surface area contributed by atoms with Crippen molar-refractivity contribution in [1.29, 1.82) is 0 Å². The summed E-state index contributed by atoms with van der Waals surface area (Å²) in [5.41, 5.74) is 9.60. The molecule has 9 aromatic rings. The Hall–Kier alpha value is -14.9. The summed E-state index contributed by atoms with van der Waals surface area (Å²) in [6.45, 7) is 9.43. The number of imidazole rings is 1. The number of hydrogen-bond acceptors (Lipinski definition) is 23. The van der Waals surface area contributed by atoms with Crippen LogP contribution in [0.15, 0.2) is 171 Å². The highest BCUT2D eigenvalue weighted by Crippen LogP contribution is 2.25. The Morgan fingerprint density at radius 1 is 0.400 bits per heavy atom. The molecule has 0 aliphatic carbocycles. The van der Waals surface area contributed by atoms with Crippen molar-refractivity contribution >= 4 is 122 Å². The number of aromatic hydroxyl groups is 4. The number of aliphatic hydroxyl groups excluding tert-OH is 2. The average molecular weight is 1880 g/mol. The minimum atomic E-state index is -1.98. The van der Waals surface area contributed by atoms with E-state index >= 15 is 28.8 Å². The predicted octanol–water partition coefficient (Wildman–Crippen LogP) is -0.282. The normalized spacial score (nSPS) is 23.5. The van der Waals surface area contributed by atoms with Gasteiger partial charge in [-0.1, -0.05) is 119 Å². The molecule has 41 heteroatoms. The number of primary amides is 1. The molecular weight excluding hydrogens is 1760 g/mol. The topological polar surface area (TPSA) is 632 Å². The number of hydrogen-bond donors (Lipinski definition) is 24. The lowest BCUT2D eigenvalue weighted by molar-refractivity contribution is -0.137. The van der Waals surface area contributed by atoms with Crippen molar-refractivity contribution in [2.24, 2.45) is 17.6 Å². The molecule has 718 valence electrons. The Kier molecular flexibility index (Phi) is 36.7. The van der Waals surface area contributed by atoms with Gasteiger partial charge in [-0.25, -0.2) is 4.98 Å². The molecule has 4 heterocycles. The zero-order chi connectivity index (χ0) is 97.9. The predicted molar refractivity (Wildman–Crippen MR) is 496 cm³/mol. The second-order valence-corrected chi connectivity index (χ2v) is 34.9. The zero-order valence-electron chi connectivity index (χ0n) is 75.2. The Bertz CT molecular complexity index is 5660. The third-order valence-electron chi connectivity index (χ3n) is 22.8. The number of nitrogens with one attached hydrogen (secondary N) is 17. The van der Waals surface area contributed by atoms with E-state index in [9.17, 15) is 73.8 Å². The van der Waals surface area contributed by atoms with Gasteiger partial charge in [-0.2, -0.15) is 0 Å². The van der Waals surface area contributed by atoms with Gasteiger partial charge < -0.3 is 126 Å². The number of carbonyl (C=O) groups excluding carboxylic acids is 15. The van der Waals surface area contributed by atoms with Gasteiger partial charge in [0.1, 0.15) is 108 Å². The second kappa shape index (κ2) is 48.5. The summed E-state index contributed by atoms with van der Waals surface area (Å²) >= 11 is 0.759. The molecule has 1 saturated heterocycles. The molecule has 0 radical (unpaired) electrons. The molecule has 0 saturated carbocycles. The fourth-order valence-corrected chi connectivity index (χ4v) is 15.9. The molecule has 1 aliphatic heterocycles. The number of nitrogens with zero attached hydrogens (tertiary/aromatic N) is 1. The highest BCUT2D eigenvalue weighted by molar-refractivity contribution is 8.00. The third kappa shape index (κ3) is 29.8. The van der Waals surface area contributed by atoms with Crippen LogP contribution in [-0.4, -0.2) is 248 Å². The summed E-state index contributed by atoms with van der Waals surface area (Å²) in [4.78, 5) is 235. The van der Waals surface area contributed by atoms with Gasteiger partial charge in [0.25, 0.3) is 0 Å². The molecule has 16 atom stereocenters. The molecule has 25 N–H and O–H groups in total. The van der Waals surface area contributed by atoms with Crippen LogP contribution in [0.25, 0.3) is 21.8 Å². The number of rotatable bonds is 21. The van der Waals surface area contributed by atoms with Crippen LogP contribution in [0.1, 0.15) is 100 Å². The maximum Gasteiger partial charge on any atom is 0.245 e. The number of aromatic amines is 3. The minimum absolute atomic E-state index is 0.0537. The van der Waals surface area contributed by atoms with Crippen LogP contribution in [0.3, 0.4) is 0 Å². The molecule has 135 heavy (non-hydrogen) atoms. The van der Waals surface area contributed by atoms with E-state index in [1.54, 1.807) is 88.6 Å². The van der Waals surface area contributed by atoms with E-state index in [2.05, 4.69) is 94.4 Å². The smallest absolute Gasteiger partial charge is 0.245 e. The van der Waals surface area contributed by atoms with Crippen molar-refractivity contribution in [2.75, 3.05) is 18.1 Å². The molecule has 0 bridgehead atoms. The lowest BCUT2D eigenvalue weighted by Crippen LogP contribution is -2.63. The molecule has 0 unspecified atom stereocenters. The van der Waals surface area contributed by atoms with Gasteiger partial charge in [0, 0.05) is 91.1 Å². The number of phenolic OH excluding ortho intramolecular Hbond substituents is 4. The van der Waals surface area contributed by atoms with Crippen molar-refractivity contribution in [2.45, 2.75) is 197 Å². The summed E-state index contributed by atoms with van der Waals surface area (Å²) in [7, 11) is 0. The van der Waals surface area contributed by atoms with E-state index in [4.69, 9.17) is 5.73 Å². The fourth-order valence-electron chi connectivity index (χ4n) is 15.0. The molecule has 10 rings (SSSR count). The van der Waals surface area contributed by atoms with Gasteiger partial charge in [0.15, 0.2) is 0 Å². The van der Waals surface area contributed by atoms with E-state index < -0.39 is 210 Å². The third-order valence-corrected chi connectivity index (χ3v) is 23.8. The maximum absolute atomic E-state index is 15.5. The highest BCUT2D eigenvalue weighted by atomic mass is 32.2. The lowest BCUT2D eigenvalue weighted by atomic mass is 9.95. The maximum atomic E-state index is 15.5. The molecule has 1 fully saturated rings. The van der Waals surface area contributed by atoms with Crippen molar-refractivity contribution < 1.29 is 103 Å². The molecule has 3 aromatic heterocycles. The standard InChI is InChI=1S/C94H115N19O21S/c1-8-49(4)79-93(133)108-70(35-54-19-27-61(117)28-20-54)84(124)100-50(5)82(122)103-71(36-55-21-29-62(118)30-22-55)87(127)106-72(37-56-23-31-63(119)32-24-56)91(131)113-80(52(7)115)94(134)109-74(39-58-42-98-67-16-12-10-14-65(58)67)88(128)107-73(38-57-41-97-66-15-11-9-13-64(57)66)85(125)101-51(6)83(123)104-75(40-59-43-96-47-99-59)89(129)110-76(44-114)92(132)111-77(81(95)121)45-135-46-78(120)102-69(34-53-17-25-60(116)26-18-53)86(126)105-68(33-48(2)3)90(130)112-79/h9-32,41-43,47-52,68-77,79-80,97-98,114-119H,8,33-40,44-46H2,1-7H3,(H2,95,121)(H,96,99)(H,100,124)(H,101,125)(H,102,120)(H,103,122)(H,104,123)(H,105,126)(H,106,127)(H,107,128)(H,108,133)(H,109,134)(H,110,129)(H,111,132)(H,112,130)(H,113,131)/t49-,50-,51-,52+,68-,69+,70-,71-,72-,73-,74-,75-,76-,77-,79-,80-/m0/s1. The van der Waals surface area contributed by atoms with Crippen molar-refractivity contribution in [1.82, 2.24) is 94.4 Å². The van der Waals surface area contributed by atoms with Gasteiger partial charge in [-0.05, 0) is 133 Å². The van der Waals surface area contributed by atoms with Gasteiger partial charge in [-0.15, -0.1) is 11.8 Å². The summed E-state index contributed by atoms with van der Waals surface area (Å²) < 4.78 is 0. The van der Waals surface area contributed by atoms with Crippen molar-refractivity contribution in [3.05, 3.63) is 210 Å².